The fourth-order valence-corrected chi connectivity index (χ4v) is 4.75. The Balaban J connectivity index is 1.46. The summed E-state index contributed by atoms with van der Waals surface area (Å²) in [6.45, 7) is 4.25. The van der Waals surface area contributed by atoms with Crippen molar-refractivity contribution < 1.29 is 22.7 Å². The molecule has 0 radical (unpaired) electrons. The van der Waals surface area contributed by atoms with Crippen LogP contribution in [0.1, 0.15) is 12.5 Å². The van der Waals surface area contributed by atoms with E-state index in [1.165, 1.54) is 28.1 Å². The number of nitrogens with zero attached hydrogens (tertiary/aromatic N) is 2. The van der Waals surface area contributed by atoms with Gasteiger partial charge in [0, 0.05) is 32.7 Å². The number of aryl methyl sites for hydroxylation is 1. The van der Waals surface area contributed by atoms with Crippen LogP contribution < -0.4 is 4.74 Å². The Morgan fingerprint density at radius 2 is 1.79 bits per heavy atom. The highest BCUT2D eigenvalue weighted by molar-refractivity contribution is 7.89. The van der Waals surface area contributed by atoms with Crippen LogP contribution in [0.3, 0.4) is 0 Å². The van der Waals surface area contributed by atoms with E-state index in [9.17, 15) is 17.9 Å². The molecule has 0 saturated carbocycles. The van der Waals surface area contributed by atoms with Gasteiger partial charge in [-0.25, -0.2) is 12.8 Å². The molecule has 0 amide bonds. The van der Waals surface area contributed by atoms with Crippen molar-refractivity contribution in [1.29, 1.82) is 0 Å². The molecule has 158 valence electrons. The molecule has 1 N–H and O–H groups in total. The van der Waals surface area contributed by atoms with E-state index in [1.807, 2.05) is 29.2 Å². The molecule has 1 heterocycles. The second-order valence-corrected chi connectivity index (χ2v) is 9.06. The molecular formula is C21H27FN2O4S. The fraction of sp³-hybridized carbons (Fsp3) is 0.429. The van der Waals surface area contributed by atoms with E-state index in [0.29, 0.717) is 38.5 Å². The van der Waals surface area contributed by atoms with Crippen molar-refractivity contribution in [3.05, 3.63) is 59.9 Å². The standard InChI is InChI=1S/C21H27FN2O4S/c1-2-17-6-8-20(9-7-17)28-16-19(25)15-23-10-12-24(13-11-23)29(26,27)21-5-3-4-18(22)14-21/h3-9,14,19,25H,2,10-13,15-16H2,1H3. The highest BCUT2D eigenvalue weighted by Gasteiger charge is 2.29. The summed E-state index contributed by atoms with van der Waals surface area (Å²) in [5.41, 5.74) is 1.23. The van der Waals surface area contributed by atoms with Gasteiger partial charge in [0.05, 0.1) is 4.90 Å². The number of hydrogen-bond donors (Lipinski definition) is 1. The highest BCUT2D eigenvalue weighted by atomic mass is 32.2. The maximum atomic E-state index is 13.4. The number of ether oxygens (including phenoxy) is 1. The number of hydrogen-bond acceptors (Lipinski definition) is 5. The molecule has 1 aliphatic rings. The number of sulfonamides is 1. The predicted molar refractivity (Wildman–Crippen MR) is 109 cm³/mol. The summed E-state index contributed by atoms with van der Waals surface area (Å²) in [5.74, 6) is 0.143. The van der Waals surface area contributed by atoms with Crippen molar-refractivity contribution in [2.24, 2.45) is 0 Å². The first kappa shape index (κ1) is 21.7. The SMILES string of the molecule is CCc1ccc(OCC(O)CN2CCN(S(=O)(=O)c3cccc(F)c3)CC2)cc1. The van der Waals surface area contributed by atoms with E-state index in [-0.39, 0.29) is 11.5 Å². The number of aliphatic hydroxyl groups is 1. The van der Waals surface area contributed by atoms with E-state index in [0.717, 1.165) is 12.5 Å². The van der Waals surface area contributed by atoms with Gasteiger partial charge in [0.25, 0.3) is 0 Å². The summed E-state index contributed by atoms with van der Waals surface area (Å²) in [6.07, 6.45) is 0.288. The van der Waals surface area contributed by atoms with Crippen molar-refractivity contribution in [2.45, 2.75) is 24.3 Å². The van der Waals surface area contributed by atoms with Crippen LogP contribution in [0.5, 0.6) is 5.75 Å². The quantitative estimate of drug-likeness (QED) is 0.706. The first-order chi connectivity index (χ1) is 13.9. The van der Waals surface area contributed by atoms with E-state index < -0.39 is 21.9 Å². The van der Waals surface area contributed by atoms with Crippen molar-refractivity contribution in [2.75, 3.05) is 39.3 Å². The van der Waals surface area contributed by atoms with Gasteiger partial charge in [-0.05, 0) is 42.3 Å². The molecule has 3 rings (SSSR count). The normalized spacial score (nSPS) is 17.2. The highest BCUT2D eigenvalue weighted by Crippen LogP contribution is 2.19. The summed E-state index contributed by atoms with van der Waals surface area (Å²) in [7, 11) is -3.71. The molecule has 0 bridgehead atoms. The smallest absolute Gasteiger partial charge is 0.243 e. The van der Waals surface area contributed by atoms with Gasteiger partial charge in [-0.1, -0.05) is 25.1 Å². The average Bonchev–Trinajstić information content (AvgIpc) is 2.73. The van der Waals surface area contributed by atoms with Gasteiger partial charge in [0.1, 0.15) is 24.3 Å². The Hall–Kier alpha value is -2.00. The molecule has 1 saturated heterocycles. The molecule has 0 spiro atoms. The first-order valence-corrected chi connectivity index (χ1v) is 11.2. The molecule has 6 nitrogen and oxygen atoms in total. The van der Waals surface area contributed by atoms with Crippen LogP contribution in [0.4, 0.5) is 4.39 Å². The summed E-state index contributed by atoms with van der Waals surface area (Å²) >= 11 is 0. The van der Waals surface area contributed by atoms with Crippen LogP contribution in [0.15, 0.2) is 53.4 Å². The molecule has 2 aromatic carbocycles. The van der Waals surface area contributed by atoms with Gasteiger partial charge < -0.3 is 9.84 Å². The van der Waals surface area contributed by atoms with E-state index in [2.05, 4.69) is 6.92 Å². The number of halogens is 1. The zero-order chi connectivity index (χ0) is 20.9. The van der Waals surface area contributed by atoms with Gasteiger partial charge in [0.2, 0.25) is 10.0 Å². The maximum absolute atomic E-state index is 13.4. The molecule has 0 aromatic heterocycles. The van der Waals surface area contributed by atoms with Crippen molar-refractivity contribution in [3.63, 3.8) is 0 Å². The number of aliphatic hydroxyl groups excluding tert-OH is 1. The Kier molecular flexibility index (Phi) is 7.23. The number of benzene rings is 2. The van der Waals surface area contributed by atoms with E-state index in [1.54, 1.807) is 0 Å². The molecule has 2 aromatic rings. The van der Waals surface area contributed by atoms with E-state index >= 15 is 0 Å². The average molecular weight is 423 g/mol. The van der Waals surface area contributed by atoms with Crippen molar-refractivity contribution in [1.82, 2.24) is 9.21 Å². The molecule has 1 aliphatic heterocycles. The Bertz CT molecular complexity index is 897. The van der Waals surface area contributed by atoms with Gasteiger partial charge in [0.15, 0.2) is 0 Å². The lowest BCUT2D eigenvalue weighted by Crippen LogP contribution is -2.50. The first-order valence-electron chi connectivity index (χ1n) is 9.76. The van der Waals surface area contributed by atoms with Crippen LogP contribution in [0, 0.1) is 5.82 Å². The molecular weight excluding hydrogens is 395 g/mol. The summed E-state index contributed by atoms with van der Waals surface area (Å²) in [6, 6.07) is 12.8. The van der Waals surface area contributed by atoms with Crippen LogP contribution in [0.2, 0.25) is 0 Å². The van der Waals surface area contributed by atoms with Crippen LogP contribution in [0.25, 0.3) is 0 Å². The third-order valence-electron chi connectivity index (χ3n) is 5.01. The monoisotopic (exact) mass is 422 g/mol. The second-order valence-electron chi connectivity index (χ2n) is 7.12. The zero-order valence-corrected chi connectivity index (χ0v) is 17.3. The zero-order valence-electron chi connectivity index (χ0n) is 16.5. The van der Waals surface area contributed by atoms with Crippen LogP contribution in [-0.2, 0) is 16.4 Å². The number of β-amino-alcohol motifs (C(OH)–C–C–N with tert-alkyl or cyclic N) is 1. The largest absolute Gasteiger partial charge is 0.491 e. The third-order valence-corrected chi connectivity index (χ3v) is 6.90. The fourth-order valence-electron chi connectivity index (χ4n) is 3.29. The molecule has 1 fully saturated rings. The topological polar surface area (TPSA) is 70.1 Å². The summed E-state index contributed by atoms with van der Waals surface area (Å²) < 4.78 is 45.7. The van der Waals surface area contributed by atoms with Crippen LogP contribution >= 0.6 is 0 Å². The molecule has 0 aliphatic carbocycles. The molecule has 1 atom stereocenters. The minimum absolute atomic E-state index is 0.0338. The Morgan fingerprint density at radius 3 is 2.41 bits per heavy atom. The Morgan fingerprint density at radius 1 is 1.10 bits per heavy atom. The minimum Gasteiger partial charge on any atom is -0.491 e. The summed E-state index contributed by atoms with van der Waals surface area (Å²) in [4.78, 5) is 1.97. The predicted octanol–water partition coefficient (Wildman–Crippen LogP) is 2.13. The van der Waals surface area contributed by atoms with Crippen molar-refractivity contribution in [3.8, 4) is 5.75 Å². The Labute approximate surface area is 171 Å². The maximum Gasteiger partial charge on any atom is 0.243 e. The second kappa shape index (κ2) is 9.67. The lowest BCUT2D eigenvalue weighted by Gasteiger charge is -2.34. The number of piperazine rings is 1. The van der Waals surface area contributed by atoms with E-state index in [4.69, 9.17) is 4.74 Å². The van der Waals surface area contributed by atoms with Gasteiger partial charge in [-0.3, -0.25) is 4.90 Å². The minimum atomic E-state index is -3.71. The molecule has 8 heteroatoms. The molecule has 1 unspecified atom stereocenters. The van der Waals surface area contributed by atoms with Crippen molar-refractivity contribution >= 4 is 10.0 Å². The lowest BCUT2D eigenvalue weighted by atomic mass is 10.2. The summed E-state index contributed by atoms with van der Waals surface area (Å²) in [5, 5.41) is 10.3. The van der Waals surface area contributed by atoms with Gasteiger partial charge >= 0.3 is 0 Å². The van der Waals surface area contributed by atoms with Gasteiger partial charge in [-0.2, -0.15) is 4.31 Å². The number of rotatable bonds is 8. The van der Waals surface area contributed by atoms with Gasteiger partial charge in [-0.15, -0.1) is 0 Å². The lowest BCUT2D eigenvalue weighted by molar-refractivity contribution is 0.0569. The van der Waals surface area contributed by atoms with Crippen LogP contribution in [-0.4, -0.2) is 68.2 Å². The third kappa shape index (κ3) is 5.76. The molecule has 29 heavy (non-hydrogen) atoms.